The van der Waals surface area contributed by atoms with Crippen LogP contribution in [0.1, 0.15) is 0 Å². The average molecular weight is 401 g/mol. The fourth-order valence-corrected chi connectivity index (χ4v) is 3.81. The summed E-state index contributed by atoms with van der Waals surface area (Å²) in [6, 6.07) is 16.6. The minimum atomic E-state index is -0.704. The monoisotopic (exact) mass is 401 g/mol. The van der Waals surface area contributed by atoms with Gasteiger partial charge in [0.25, 0.3) is 0 Å². The quantitative estimate of drug-likeness (QED) is 0.406. The first kappa shape index (κ1) is 16.9. The van der Waals surface area contributed by atoms with E-state index >= 15 is 0 Å². The maximum absolute atomic E-state index is 14.7. The number of hydrogen-bond donors (Lipinski definition) is 0. The van der Waals surface area contributed by atoms with E-state index < -0.39 is 11.6 Å². The Morgan fingerprint density at radius 1 is 0.867 bits per heavy atom. The van der Waals surface area contributed by atoms with Crippen molar-refractivity contribution in [1.82, 2.24) is 14.8 Å². The number of halogens is 2. The second kappa shape index (κ2) is 6.25. The summed E-state index contributed by atoms with van der Waals surface area (Å²) < 4.78 is 40.8. The molecular weight excluding hydrogens is 388 g/mol. The number of pyridine rings is 1. The van der Waals surface area contributed by atoms with Crippen molar-refractivity contribution in [2.45, 2.75) is 0 Å². The van der Waals surface area contributed by atoms with Crippen molar-refractivity contribution in [3.8, 4) is 28.4 Å². The molecule has 0 aliphatic carbocycles. The predicted molar refractivity (Wildman–Crippen MR) is 108 cm³/mol. The predicted octanol–water partition coefficient (Wildman–Crippen LogP) is 5.25. The molecule has 0 saturated carbocycles. The fraction of sp³-hybridized carbons (Fsp3) is 0.0435. The molecule has 1 aliphatic rings. The normalized spacial score (nSPS) is 12.7. The molecule has 30 heavy (non-hydrogen) atoms. The van der Waals surface area contributed by atoms with Crippen LogP contribution in [-0.2, 0) is 0 Å². The fourth-order valence-electron chi connectivity index (χ4n) is 3.81. The summed E-state index contributed by atoms with van der Waals surface area (Å²) in [5.41, 5.74) is 2.98. The van der Waals surface area contributed by atoms with Gasteiger partial charge in [-0.3, -0.25) is 4.98 Å². The lowest BCUT2D eigenvalue weighted by atomic mass is 10.1. The number of hydrogen-bond acceptors (Lipinski definition) is 4. The minimum absolute atomic E-state index is 0.135. The van der Waals surface area contributed by atoms with Crippen LogP contribution >= 0.6 is 0 Å². The molecule has 0 N–H and O–H groups in total. The molecule has 6 rings (SSSR count). The highest BCUT2D eigenvalue weighted by Gasteiger charge is 2.22. The van der Waals surface area contributed by atoms with Gasteiger partial charge >= 0.3 is 0 Å². The Morgan fingerprint density at radius 3 is 2.47 bits per heavy atom. The van der Waals surface area contributed by atoms with Gasteiger partial charge in [-0.05, 0) is 18.2 Å². The topological polar surface area (TPSA) is 49.2 Å². The smallest absolute Gasteiger partial charge is 0.231 e. The van der Waals surface area contributed by atoms with Crippen LogP contribution in [0.3, 0.4) is 0 Å². The molecule has 0 atom stereocenters. The van der Waals surface area contributed by atoms with E-state index in [0.717, 1.165) is 22.4 Å². The molecule has 5 aromatic rings. The molecule has 0 bridgehead atoms. The van der Waals surface area contributed by atoms with Gasteiger partial charge in [0.05, 0.1) is 11.0 Å². The van der Waals surface area contributed by atoms with Crippen LogP contribution in [0.15, 0.2) is 66.9 Å². The number of aromatic nitrogens is 3. The Morgan fingerprint density at radius 2 is 1.67 bits per heavy atom. The Hall–Kier alpha value is -4.00. The molecule has 1 aliphatic heterocycles. The summed E-state index contributed by atoms with van der Waals surface area (Å²) in [5, 5.41) is 6.18. The highest BCUT2D eigenvalue weighted by atomic mass is 19.1. The van der Waals surface area contributed by atoms with Gasteiger partial charge in [0.1, 0.15) is 17.2 Å². The van der Waals surface area contributed by atoms with E-state index in [2.05, 4.69) is 4.98 Å². The van der Waals surface area contributed by atoms with E-state index in [1.807, 2.05) is 36.4 Å². The van der Waals surface area contributed by atoms with Crippen molar-refractivity contribution >= 4 is 21.8 Å². The Balaban J connectivity index is 1.75. The third-order valence-corrected chi connectivity index (χ3v) is 5.19. The third kappa shape index (κ3) is 2.45. The van der Waals surface area contributed by atoms with Crippen LogP contribution in [0.4, 0.5) is 8.78 Å². The first-order chi connectivity index (χ1) is 14.7. The zero-order valence-corrected chi connectivity index (χ0v) is 15.5. The van der Waals surface area contributed by atoms with Crippen LogP contribution < -0.4 is 9.47 Å². The van der Waals surface area contributed by atoms with Gasteiger partial charge in [-0.2, -0.15) is 5.10 Å². The van der Waals surface area contributed by atoms with E-state index in [1.54, 1.807) is 12.3 Å². The summed E-state index contributed by atoms with van der Waals surface area (Å²) in [5.74, 6) is -0.155. The molecule has 7 heteroatoms. The molecule has 3 heterocycles. The summed E-state index contributed by atoms with van der Waals surface area (Å²) in [4.78, 5) is 4.57. The van der Waals surface area contributed by atoms with Crippen molar-refractivity contribution in [1.29, 1.82) is 0 Å². The Labute approximate surface area is 169 Å². The second-order valence-corrected chi connectivity index (χ2v) is 6.97. The van der Waals surface area contributed by atoms with Crippen molar-refractivity contribution in [3.63, 3.8) is 0 Å². The maximum atomic E-state index is 14.7. The maximum Gasteiger partial charge on any atom is 0.231 e. The first-order valence-electron chi connectivity index (χ1n) is 9.31. The van der Waals surface area contributed by atoms with E-state index in [0.29, 0.717) is 28.2 Å². The van der Waals surface area contributed by atoms with Crippen molar-refractivity contribution in [2.24, 2.45) is 0 Å². The summed E-state index contributed by atoms with van der Waals surface area (Å²) in [6.45, 7) is 0.135. The molecule has 0 spiro atoms. The molecule has 0 radical (unpaired) electrons. The molecule has 3 aromatic carbocycles. The van der Waals surface area contributed by atoms with Crippen molar-refractivity contribution in [3.05, 3.63) is 78.5 Å². The molecule has 146 valence electrons. The van der Waals surface area contributed by atoms with E-state index in [1.165, 1.54) is 16.8 Å². The van der Waals surface area contributed by atoms with Crippen LogP contribution in [0.25, 0.3) is 38.8 Å². The lowest BCUT2D eigenvalue weighted by molar-refractivity contribution is 0.174. The summed E-state index contributed by atoms with van der Waals surface area (Å²) in [7, 11) is 0. The summed E-state index contributed by atoms with van der Waals surface area (Å²) in [6.07, 6.45) is 1.72. The Kier molecular flexibility index (Phi) is 3.52. The number of ether oxygens (including phenoxy) is 2. The van der Waals surface area contributed by atoms with Gasteiger partial charge in [-0.15, -0.1) is 0 Å². The Bertz CT molecular complexity index is 1450. The zero-order chi connectivity index (χ0) is 20.2. The van der Waals surface area contributed by atoms with Gasteiger partial charge in [0.15, 0.2) is 17.3 Å². The molecule has 0 fully saturated rings. The highest BCUT2D eigenvalue weighted by molar-refractivity contribution is 6.09. The lowest BCUT2D eigenvalue weighted by Crippen LogP contribution is -2.01. The van der Waals surface area contributed by atoms with E-state index in [9.17, 15) is 8.78 Å². The SMILES string of the molecule is Fc1ccc(-n2nc(-c3ccccc3)c3cnc4cc5c(cc4c32)OCO5)c(F)c1. The van der Waals surface area contributed by atoms with Crippen LogP contribution in [-0.4, -0.2) is 21.6 Å². The van der Waals surface area contributed by atoms with E-state index in [4.69, 9.17) is 14.6 Å². The zero-order valence-electron chi connectivity index (χ0n) is 15.5. The molecule has 2 aromatic heterocycles. The lowest BCUT2D eigenvalue weighted by Gasteiger charge is -2.08. The number of fused-ring (bicyclic) bond motifs is 4. The van der Waals surface area contributed by atoms with Gasteiger partial charge in [-0.1, -0.05) is 30.3 Å². The molecule has 0 amide bonds. The largest absolute Gasteiger partial charge is 0.454 e. The van der Waals surface area contributed by atoms with Gasteiger partial charge in [-0.25, -0.2) is 13.5 Å². The van der Waals surface area contributed by atoms with Gasteiger partial charge in [0.2, 0.25) is 6.79 Å². The van der Waals surface area contributed by atoms with Crippen LogP contribution in [0.5, 0.6) is 11.5 Å². The van der Waals surface area contributed by atoms with E-state index in [-0.39, 0.29) is 12.5 Å². The van der Waals surface area contributed by atoms with Crippen molar-refractivity contribution in [2.75, 3.05) is 6.79 Å². The van der Waals surface area contributed by atoms with Gasteiger partial charge < -0.3 is 9.47 Å². The molecule has 5 nitrogen and oxygen atoms in total. The van der Waals surface area contributed by atoms with Gasteiger partial charge in [0, 0.05) is 34.7 Å². The second-order valence-electron chi connectivity index (χ2n) is 6.97. The minimum Gasteiger partial charge on any atom is -0.454 e. The summed E-state index contributed by atoms with van der Waals surface area (Å²) >= 11 is 0. The molecule has 0 unspecified atom stereocenters. The number of rotatable bonds is 2. The van der Waals surface area contributed by atoms with Crippen molar-refractivity contribution < 1.29 is 18.3 Å². The number of benzene rings is 3. The van der Waals surface area contributed by atoms with Crippen LogP contribution in [0, 0.1) is 11.6 Å². The average Bonchev–Trinajstić information content (AvgIpc) is 3.37. The molecule has 0 saturated heterocycles. The molecular formula is C23H13F2N3O2. The third-order valence-electron chi connectivity index (χ3n) is 5.19. The standard InChI is InChI=1S/C23H13F2N3O2/c24-14-6-7-19(17(25)8-14)28-23-15-9-20-21(30-12-29-20)10-18(15)26-11-16(23)22(27-28)13-4-2-1-3-5-13/h1-11H,12H2. The highest BCUT2D eigenvalue weighted by Crippen LogP contribution is 2.40. The number of nitrogens with zero attached hydrogens (tertiary/aromatic N) is 3. The first-order valence-corrected chi connectivity index (χ1v) is 9.31. The van der Waals surface area contributed by atoms with Crippen LogP contribution in [0.2, 0.25) is 0 Å².